The van der Waals surface area contributed by atoms with Gasteiger partial charge >= 0.3 is 0 Å². The Hall–Kier alpha value is -3.25. The second kappa shape index (κ2) is 6.93. The number of hydrogen-bond donors (Lipinski definition) is 1. The number of carbonyl (C=O) groups excluding carboxylic acids is 1. The summed E-state index contributed by atoms with van der Waals surface area (Å²) in [6, 6.07) is 15.8. The number of furan rings is 1. The SMILES string of the molecule is O=C(N/N=C\c1ccc(-c2cccc(Cl)c2)o1)c1ccc2c(c1)OCO2. The van der Waals surface area contributed by atoms with E-state index in [1.54, 1.807) is 30.3 Å². The largest absolute Gasteiger partial charge is 0.455 e. The summed E-state index contributed by atoms with van der Waals surface area (Å²) in [5, 5.41) is 4.55. The van der Waals surface area contributed by atoms with E-state index in [0.29, 0.717) is 33.6 Å². The fourth-order valence-corrected chi connectivity index (χ4v) is 2.67. The lowest BCUT2D eigenvalue weighted by Gasteiger charge is -2.01. The summed E-state index contributed by atoms with van der Waals surface area (Å²) in [5.74, 6) is 1.97. The van der Waals surface area contributed by atoms with Gasteiger partial charge in [-0.2, -0.15) is 5.10 Å². The highest BCUT2D eigenvalue weighted by Crippen LogP contribution is 2.32. The number of fused-ring (bicyclic) bond motifs is 1. The Labute approximate surface area is 154 Å². The zero-order valence-corrected chi connectivity index (χ0v) is 14.2. The van der Waals surface area contributed by atoms with E-state index in [0.717, 1.165) is 5.56 Å². The molecule has 1 amide bonds. The molecule has 0 aliphatic carbocycles. The van der Waals surface area contributed by atoms with Crippen LogP contribution in [0, 0.1) is 0 Å². The van der Waals surface area contributed by atoms with E-state index < -0.39 is 0 Å². The number of ether oxygens (including phenoxy) is 2. The van der Waals surface area contributed by atoms with Crippen LogP contribution in [0.3, 0.4) is 0 Å². The normalized spacial score (nSPS) is 12.5. The minimum absolute atomic E-state index is 0.159. The second-order valence-corrected chi connectivity index (χ2v) is 5.92. The highest BCUT2D eigenvalue weighted by molar-refractivity contribution is 6.30. The van der Waals surface area contributed by atoms with Gasteiger partial charge in [0.2, 0.25) is 6.79 Å². The lowest BCUT2D eigenvalue weighted by Crippen LogP contribution is -2.17. The van der Waals surface area contributed by atoms with Crippen LogP contribution in [-0.2, 0) is 0 Å². The van der Waals surface area contributed by atoms with E-state index in [9.17, 15) is 4.79 Å². The van der Waals surface area contributed by atoms with Crippen molar-refractivity contribution in [3.63, 3.8) is 0 Å². The van der Waals surface area contributed by atoms with Gasteiger partial charge in [0.05, 0.1) is 6.21 Å². The fourth-order valence-electron chi connectivity index (χ4n) is 2.48. The average molecular weight is 369 g/mol. The number of hydrogen-bond acceptors (Lipinski definition) is 5. The lowest BCUT2D eigenvalue weighted by atomic mass is 10.2. The van der Waals surface area contributed by atoms with Gasteiger partial charge in [-0.15, -0.1) is 0 Å². The maximum atomic E-state index is 12.1. The Balaban J connectivity index is 1.42. The van der Waals surface area contributed by atoms with Gasteiger partial charge in [-0.1, -0.05) is 23.7 Å². The minimum atomic E-state index is -0.360. The first-order chi connectivity index (χ1) is 12.7. The van der Waals surface area contributed by atoms with Gasteiger partial charge in [-0.25, -0.2) is 5.43 Å². The van der Waals surface area contributed by atoms with Crippen molar-refractivity contribution in [2.24, 2.45) is 5.10 Å². The highest BCUT2D eigenvalue weighted by Gasteiger charge is 2.15. The van der Waals surface area contributed by atoms with Crippen LogP contribution >= 0.6 is 11.6 Å². The summed E-state index contributed by atoms with van der Waals surface area (Å²) in [6.45, 7) is 0.159. The third-order valence-corrected chi connectivity index (χ3v) is 3.96. The number of halogens is 1. The van der Waals surface area contributed by atoms with E-state index >= 15 is 0 Å². The van der Waals surface area contributed by atoms with E-state index in [-0.39, 0.29) is 12.7 Å². The van der Waals surface area contributed by atoms with Crippen molar-refractivity contribution in [2.75, 3.05) is 6.79 Å². The molecule has 0 fully saturated rings. The monoisotopic (exact) mass is 368 g/mol. The maximum absolute atomic E-state index is 12.1. The third kappa shape index (κ3) is 3.41. The number of amides is 1. The van der Waals surface area contributed by atoms with Crippen molar-refractivity contribution in [1.82, 2.24) is 5.43 Å². The number of nitrogens with one attached hydrogen (secondary N) is 1. The Morgan fingerprint density at radius 2 is 1.96 bits per heavy atom. The second-order valence-electron chi connectivity index (χ2n) is 5.48. The zero-order chi connectivity index (χ0) is 17.9. The van der Waals surface area contributed by atoms with Gasteiger partial charge in [0.15, 0.2) is 11.5 Å². The molecule has 2 aromatic carbocycles. The summed E-state index contributed by atoms with van der Waals surface area (Å²) < 4.78 is 16.1. The van der Waals surface area contributed by atoms with Gasteiger partial charge in [-0.05, 0) is 42.5 Å². The molecule has 1 N–H and O–H groups in total. The van der Waals surface area contributed by atoms with Crippen molar-refractivity contribution in [3.8, 4) is 22.8 Å². The van der Waals surface area contributed by atoms with Gasteiger partial charge in [0.25, 0.3) is 5.91 Å². The topological polar surface area (TPSA) is 73.1 Å². The van der Waals surface area contributed by atoms with E-state index in [2.05, 4.69) is 10.5 Å². The van der Waals surface area contributed by atoms with Crippen LogP contribution in [-0.4, -0.2) is 18.9 Å². The molecule has 0 atom stereocenters. The first-order valence-electron chi connectivity index (χ1n) is 7.78. The molecule has 130 valence electrons. The summed E-state index contributed by atoms with van der Waals surface area (Å²) in [6.07, 6.45) is 1.43. The van der Waals surface area contributed by atoms with Crippen LogP contribution in [0.25, 0.3) is 11.3 Å². The molecule has 1 aliphatic rings. The summed E-state index contributed by atoms with van der Waals surface area (Å²) in [7, 11) is 0. The molecule has 0 radical (unpaired) electrons. The molecule has 1 aromatic heterocycles. The van der Waals surface area contributed by atoms with Crippen molar-refractivity contribution >= 4 is 23.7 Å². The molecule has 0 saturated carbocycles. The van der Waals surface area contributed by atoms with Crippen molar-refractivity contribution in [2.45, 2.75) is 0 Å². The Morgan fingerprint density at radius 3 is 2.85 bits per heavy atom. The van der Waals surface area contributed by atoms with E-state index in [1.165, 1.54) is 6.21 Å². The quantitative estimate of drug-likeness (QED) is 0.556. The Bertz CT molecular complexity index is 997. The van der Waals surface area contributed by atoms with E-state index in [4.69, 9.17) is 25.5 Å². The predicted octanol–water partition coefficient (Wildman–Crippen LogP) is 4.09. The molecule has 0 unspecified atom stereocenters. The van der Waals surface area contributed by atoms with Crippen LogP contribution in [0.1, 0.15) is 16.1 Å². The average Bonchev–Trinajstić information content (AvgIpc) is 3.30. The van der Waals surface area contributed by atoms with Crippen LogP contribution in [0.5, 0.6) is 11.5 Å². The molecule has 6 nitrogen and oxygen atoms in total. The van der Waals surface area contributed by atoms with Crippen molar-refractivity contribution < 1.29 is 18.7 Å². The van der Waals surface area contributed by atoms with Crippen LogP contribution in [0.2, 0.25) is 5.02 Å². The number of rotatable bonds is 4. The Kier molecular flexibility index (Phi) is 4.33. The lowest BCUT2D eigenvalue weighted by molar-refractivity contribution is 0.0954. The molecular formula is C19H13ClN2O4. The Morgan fingerprint density at radius 1 is 1.08 bits per heavy atom. The molecule has 3 aromatic rings. The number of hydrazone groups is 1. The number of benzene rings is 2. The summed E-state index contributed by atoms with van der Waals surface area (Å²) in [5.41, 5.74) is 3.73. The fraction of sp³-hybridized carbons (Fsp3) is 0.0526. The number of nitrogens with zero attached hydrogens (tertiary/aromatic N) is 1. The van der Waals surface area contributed by atoms with Crippen molar-refractivity contribution in [3.05, 3.63) is 70.9 Å². The molecule has 2 heterocycles. The molecule has 1 aliphatic heterocycles. The molecule has 0 spiro atoms. The van der Waals surface area contributed by atoms with Gasteiger partial charge in [0, 0.05) is 16.1 Å². The first-order valence-corrected chi connectivity index (χ1v) is 8.16. The standard InChI is InChI=1S/C19H13ClN2O4/c20-14-3-1-2-12(8-14)16-7-5-15(26-16)10-21-22-19(23)13-4-6-17-18(9-13)25-11-24-17/h1-10H,11H2,(H,22,23)/b21-10-. The number of carbonyl (C=O) groups is 1. The molecule has 0 saturated heterocycles. The summed E-state index contributed by atoms with van der Waals surface area (Å²) in [4.78, 5) is 12.1. The van der Waals surface area contributed by atoms with Crippen LogP contribution < -0.4 is 14.9 Å². The highest BCUT2D eigenvalue weighted by atomic mass is 35.5. The van der Waals surface area contributed by atoms with E-state index in [1.807, 2.05) is 24.3 Å². The molecule has 4 rings (SSSR count). The third-order valence-electron chi connectivity index (χ3n) is 3.73. The molecule has 7 heteroatoms. The predicted molar refractivity (Wildman–Crippen MR) is 96.8 cm³/mol. The zero-order valence-electron chi connectivity index (χ0n) is 13.4. The molecule has 26 heavy (non-hydrogen) atoms. The molecule has 0 bridgehead atoms. The van der Waals surface area contributed by atoms with Gasteiger partial charge in [0.1, 0.15) is 11.5 Å². The maximum Gasteiger partial charge on any atom is 0.271 e. The first kappa shape index (κ1) is 16.2. The minimum Gasteiger partial charge on any atom is -0.455 e. The van der Waals surface area contributed by atoms with Gasteiger partial charge < -0.3 is 13.9 Å². The molecular weight excluding hydrogens is 356 g/mol. The smallest absolute Gasteiger partial charge is 0.271 e. The van der Waals surface area contributed by atoms with Gasteiger partial charge in [-0.3, -0.25) is 4.79 Å². The van der Waals surface area contributed by atoms with Crippen LogP contribution in [0.15, 0.2) is 64.1 Å². The van der Waals surface area contributed by atoms with Crippen LogP contribution in [0.4, 0.5) is 0 Å². The van der Waals surface area contributed by atoms with Crippen molar-refractivity contribution in [1.29, 1.82) is 0 Å². The summed E-state index contributed by atoms with van der Waals surface area (Å²) >= 11 is 5.98.